The Bertz CT molecular complexity index is 519. The second-order valence-electron chi connectivity index (χ2n) is 4.18. The third-order valence-electron chi connectivity index (χ3n) is 3.01. The number of aryl methyl sites for hydroxylation is 1. The van der Waals surface area contributed by atoms with Gasteiger partial charge in [0.2, 0.25) is 0 Å². The summed E-state index contributed by atoms with van der Waals surface area (Å²) >= 11 is 6.15. The molecule has 1 atom stereocenters. The Kier molecular flexibility index (Phi) is 3.48. The lowest BCUT2D eigenvalue weighted by atomic mass is 10.1. The van der Waals surface area contributed by atoms with Gasteiger partial charge in [-0.05, 0) is 37.5 Å². The fourth-order valence-corrected chi connectivity index (χ4v) is 1.83. The van der Waals surface area contributed by atoms with Crippen molar-refractivity contribution < 1.29 is 0 Å². The van der Waals surface area contributed by atoms with Gasteiger partial charge in [0.1, 0.15) is 5.69 Å². The fraction of sp³-hybridized carbons (Fsp3) is 0.385. The monoisotopic (exact) mass is 249 g/mol. The largest absolute Gasteiger partial charge is 0.220 e. The molecule has 3 nitrogen and oxygen atoms in total. The highest BCUT2D eigenvalue weighted by Gasteiger charge is 2.11. The van der Waals surface area contributed by atoms with Crippen LogP contribution in [-0.2, 0) is 0 Å². The minimum atomic E-state index is -0.0612. The van der Waals surface area contributed by atoms with Gasteiger partial charge in [-0.3, -0.25) is 0 Å². The molecule has 0 saturated heterocycles. The van der Waals surface area contributed by atoms with Crippen LogP contribution in [0.4, 0.5) is 0 Å². The molecule has 0 fully saturated rings. The SMILES string of the molecule is CCC(Cl)c1cn(-c2cccc(C)c2C)nn1. The summed E-state index contributed by atoms with van der Waals surface area (Å²) in [6.07, 6.45) is 2.76. The molecule has 1 unspecified atom stereocenters. The quantitative estimate of drug-likeness (QED) is 0.779. The van der Waals surface area contributed by atoms with Crippen LogP contribution in [0.25, 0.3) is 5.69 Å². The first-order valence-electron chi connectivity index (χ1n) is 5.76. The van der Waals surface area contributed by atoms with E-state index in [-0.39, 0.29) is 5.38 Å². The highest BCUT2D eigenvalue weighted by Crippen LogP contribution is 2.23. The molecule has 0 spiro atoms. The van der Waals surface area contributed by atoms with Crippen molar-refractivity contribution in [3.05, 3.63) is 41.2 Å². The zero-order valence-electron chi connectivity index (χ0n) is 10.3. The molecule has 0 aliphatic rings. The van der Waals surface area contributed by atoms with Crippen molar-refractivity contribution in [3.8, 4) is 5.69 Å². The number of benzene rings is 1. The van der Waals surface area contributed by atoms with Crippen LogP contribution < -0.4 is 0 Å². The highest BCUT2D eigenvalue weighted by molar-refractivity contribution is 6.20. The van der Waals surface area contributed by atoms with E-state index in [0.717, 1.165) is 17.8 Å². The van der Waals surface area contributed by atoms with Crippen molar-refractivity contribution >= 4 is 11.6 Å². The number of nitrogens with zero attached hydrogens (tertiary/aromatic N) is 3. The number of hydrogen-bond donors (Lipinski definition) is 0. The molecule has 1 aromatic heterocycles. The number of rotatable bonds is 3. The zero-order chi connectivity index (χ0) is 12.4. The minimum absolute atomic E-state index is 0.0612. The molecular weight excluding hydrogens is 234 g/mol. The fourth-order valence-electron chi connectivity index (χ4n) is 1.73. The van der Waals surface area contributed by atoms with Gasteiger partial charge in [0.25, 0.3) is 0 Å². The first-order chi connectivity index (χ1) is 8.13. The van der Waals surface area contributed by atoms with Crippen molar-refractivity contribution in [2.24, 2.45) is 0 Å². The van der Waals surface area contributed by atoms with Gasteiger partial charge in [-0.25, -0.2) is 4.68 Å². The van der Waals surface area contributed by atoms with Crippen LogP contribution in [0.5, 0.6) is 0 Å². The van der Waals surface area contributed by atoms with Crippen LogP contribution in [0.3, 0.4) is 0 Å². The highest BCUT2D eigenvalue weighted by atomic mass is 35.5. The van der Waals surface area contributed by atoms with Crippen LogP contribution in [0.1, 0.15) is 35.5 Å². The van der Waals surface area contributed by atoms with E-state index in [1.807, 2.05) is 25.3 Å². The standard InChI is InChI=1S/C13H16ClN3/c1-4-11(14)12-8-17(16-15-12)13-7-5-6-9(2)10(13)3/h5-8,11H,4H2,1-3H3. The Morgan fingerprint density at radius 1 is 1.35 bits per heavy atom. The summed E-state index contributed by atoms with van der Waals surface area (Å²) in [5, 5.41) is 8.19. The smallest absolute Gasteiger partial charge is 0.101 e. The molecule has 0 radical (unpaired) electrons. The van der Waals surface area contributed by atoms with Gasteiger partial charge in [0.15, 0.2) is 0 Å². The van der Waals surface area contributed by atoms with E-state index in [9.17, 15) is 0 Å². The number of hydrogen-bond acceptors (Lipinski definition) is 2. The van der Waals surface area contributed by atoms with Crippen LogP contribution in [0.15, 0.2) is 24.4 Å². The second-order valence-corrected chi connectivity index (χ2v) is 4.71. The molecule has 1 heterocycles. The Hall–Kier alpha value is -1.35. The van der Waals surface area contributed by atoms with Crippen molar-refractivity contribution in [3.63, 3.8) is 0 Å². The third kappa shape index (κ3) is 2.34. The molecule has 17 heavy (non-hydrogen) atoms. The van der Waals surface area contributed by atoms with E-state index in [0.29, 0.717) is 0 Å². The Morgan fingerprint density at radius 3 is 2.82 bits per heavy atom. The first-order valence-corrected chi connectivity index (χ1v) is 6.20. The summed E-state index contributed by atoms with van der Waals surface area (Å²) in [5.41, 5.74) is 4.35. The summed E-state index contributed by atoms with van der Waals surface area (Å²) in [6, 6.07) is 6.15. The van der Waals surface area contributed by atoms with E-state index in [2.05, 4.69) is 30.2 Å². The predicted octanol–water partition coefficient (Wildman–Crippen LogP) is 3.57. The van der Waals surface area contributed by atoms with Gasteiger partial charge in [-0.1, -0.05) is 24.3 Å². The van der Waals surface area contributed by atoms with E-state index in [4.69, 9.17) is 11.6 Å². The normalized spacial score (nSPS) is 12.7. The molecule has 0 amide bonds. The maximum Gasteiger partial charge on any atom is 0.101 e. The molecule has 1 aromatic carbocycles. The average molecular weight is 250 g/mol. The topological polar surface area (TPSA) is 30.7 Å². The van der Waals surface area contributed by atoms with Crippen LogP contribution >= 0.6 is 11.6 Å². The van der Waals surface area contributed by atoms with E-state index in [1.54, 1.807) is 4.68 Å². The molecule has 0 bridgehead atoms. The Balaban J connectivity index is 2.40. The number of aromatic nitrogens is 3. The maximum absolute atomic E-state index is 6.15. The van der Waals surface area contributed by atoms with Gasteiger partial charge < -0.3 is 0 Å². The van der Waals surface area contributed by atoms with Gasteiger partial charge in [0, 0.05) is 0 Å². The van der Waals surface area contributed by atoms with Crippen molar-refractivity contribution in [2.75, 3.05) is 0 Å². The molecule has 90 valence electrons. The van der Waals surface area contributed by atoms with Crippen LogP contribution in [-0.4, -0.2) is 15.0 Å². The molecule has 2 rings (SSSR count). The first kappa shape index (κ1) is 12.1. The minimum Gasteiger partial charge on any atom is -0.220 e. The summed E-state index contributed by atoms with van der Waals surface area (Å²) < 4.78 is 1.79. The second kappa shape index (κ2) is 4.88. The summed E-state index contributed by atoms with van der Waals surface area (Å²) in [5.74, 6) is 0. The number of alkyl halides is 1. The average Bonchev–Trinajstić information content (AvgIpc) is 2.81. The lowest BCUT2D eigenvalue weighted by Gasteiger charge is -2.07. The van der Waals surface area contributed by atoms with Crippen LogP contribution in [0, 0.1) is 13.8 Å². The molecule has 0 saturated carbocycles. The van der Waals surface area contributed by atoms with Gasteiger partial charge in [-0.15, -0.1) is 16.7 Å². The predicted molar refractivity (Wildman–Crippen MR) is 69.7 cm³/mol. The lowest BCUT2D eigenvalue weighted by molar-refractivity contribution is 0.782. The molecular formula is C13H16ClN3. The number of halogens is 1. The van der Waals surface area contributed by atoms with Gasteiger partial charge in [0.05, 0.1) is 17.3 Å². The van der Waals surface area contributed by atoms with Gasteiger partial charge in [-0.2, -0.15) is 0 Å². The van der Waals surface area contributed by atoms with E-state index < -0.39 is 0 Å². The Labute approximate surface area is 106 Å². The molecule has 2 aromatic rings. The zero-order valence-corrected chi connectivity index (χ0v) is 11.1. The summed E-state index contributed by atoms with van der Waals surface area (Å²) in [6.45, 7) is 6.21. The molecule has 0 N–H and O–H groups in total. The molecule has 0 aliphatic carbocycles. The third-order valence-corrected chi connectivity index (χ3v) is 3.55. The maximum atomic E-state index is 6.15. The van der Waals surface area contributed by atoms with Crippen molar-refractivity contribution in [1.29, 1.82) is 0 Å². The van der Waals surface area contributed by atoms with Crippen molar-refractivity contribution in [2.45, 2.75) is 32.6 Å². The molecule has 0 aliphatic heterocycles. The summed E-state index contributed by atoms with van der Waals surface area (Å²) in [4.78, 5) is 0. The van der Waals surface area contributed by atoms with Crippen molar-refractivity contribution in [1.82, 2.24) is 15.0 Å². The van der Waals surface area contributed by atoms with Gasteiger partial charge >= 0.3 is 0 Å². The Morgan fingerprint density at radius 2 is 2.12 bits per heavy atom. The lowest BCUT2D eigenvalue weighted by Crippen LogP contribution is -1.99. The van der Waals surface area contributed by atoms with E-state index >= 15 is 0 Å². The van der Waals surface area contributed by atoms with E-state index in [1.165, 1.54) is 11.1 Å². The molecule has 4 heteroatoms. The summed E-state index contributed by atoms with van der Waals surface area (Å²) in [7, 11) is 0. The van der Waals surface area contributed by atoms with Crippen LogP contribution in [0.2, 0.25) is 0 Å².